The Bertz CT molecular complexity index is 2750. The zero-order chi connectivity index (χ0) is 34.1. The number of benzene rings is 7. The maximum absolute atomic E-state index is 9.74. The highest BCUT2D eigenvalue weighted by atomic mass is 16.3. The van der Waals surface area contributed by atoms with Gasteiger partial charge in [-0.1, -0.05) is 146 Å². The van der Waals surface area contributed by atoms with Crippen LogP contribution in [0.4, 0.5) is 0 Å². The smallest absolute Gasteiger partial charge is 0.168 e. The zero-order valence-electron chi connectivity index (χ0n) is 27.4. The van der Waals surface area contributed by atoms with Crippen LogP contribution in [0.15, 0.2) is 174 Å². The molecular weight excluding hydrogens is 625 g/mol. The lowest BCUT2D eigenvalue weighted by Gasteiger charge is -2.14. The monoisotopic (exact) mass is 652 g/mol. The van der Waals surface area contributed by atoms with Crippen molar-refractivity contribution in [3.05, 3.63) is 175 Å². The number of aromatic nitrogens is 3. The molecule has 0 atom stereocenters. The van der Waals surface area contributed by atoms with Crippen LogP contribution in [0.25, 0.3) is 89.5 Å². The van der Waals surface area contributed by atoms with E-state index in [2.05, 4.69) is 72.8 Å². The van der Waals surface area contributed by atoms with Crippen LogP contribution >= 0.6 is 0 Å². The number of para-hydroxylation sites is 1. The Balaban J connectivity index is 1.28. The minimum atomic E-state index is 0.516. The highest BCUT2D eigenvalue weighted by Gasteiger charge is 2.22. The SMILES string of the molecule is N#Cc1ccccc1-c1ccc(-c2ccc3c(oc4ccccc43)c2-c2nc(-c3ccccc3)nc(-c3cccc(-c4ccccc4)c3)n2)cc1. The van der Waals surface area contributed by atoms with E-state index in [-0.39, 0.29) is 0 Å². The summed E-state index contributed by atoms with van der Waals surface area (Å²) in [5.41, 5.74) is 10.7. The molecule has 5 heteroatoms. The van der Waals surface area contributed by atoms with Crippen LogP contribution in [0, 0.1) is 11.3 Å². The molecule has 51 heavy (non-hydrogen) atoms. The van der Waals surface area contributed by atoms with Crippen molar-refractivity contribution in [3.63, 3.8) is 0 Å². The van der Waals surface area contributed by atoms with Crippen LogP contribution < -0.4 is 0 Å². The summed E-state index contributed by atoms with van der Waals surface area (Å²) in [6.45, 7) is 0. The third kappa shape index (κ3) is 5.51. The van der Waals surface area contributed by atoms with Gasteiger partial charge in [-0.3, -0.25) is 0 Å². The van der Waals surface area contributed by atoms with E-state index < -0.39 is 0 Å². The van der Waals surface area contributed by atoms with Crippen molar-refractivity contribution in [2.45, 2.75) is 0 Å². The van der Waals surface area contributed by atoms with E-state index in [1.807, 2.05) is 103 Å². The van der Waals surface area contributed by atoms with Gasteiger partial charge in [0.2, 0.25) is 0 Å². The Morgan fingerprint density at radius 3 is 1.76 bits per heavy atom. The molecule has 7 aromatic carbocycles. The highest BCUT2D eigenvalue weighted by Crippen LogP contribution is 2.42. The van der Waals surface area contributed by atoms with Gasteiger partial charge in [0.05, 0.1) is 17.2 Å². The van der Waals surface area contributed by atoms with Gasteiger partial charge in [0.1, 0.15) is 11.2 Å². The van der Waals surface area contributed by atoms with E-state index in [1.54, 1.807) is 0 Å². The molecule has 0 N–H and O–H groups in total. The van der Waals surface area contributed by atoms with Gasteiger partial charge in [-0.25, -0.2) is 15.0 Å². The van der Waals surface area contributed by atoms with Gasteiger partial charge in [0.15, 0.2) is 17.5 Å². The van der Waals surface area contributed by atoms with Crippen molar-refractivity contribution in [2.75, 3.05) is 0 Å². The van der Waals surface area contributed by atoms with Crippen molar-refractivity contribution in [3.8, 4) is 73.6 Å². The third-order valence-corrected chi connectivity index (χ3v) is 9.22. The highest BCUT2D eigenvalue weighted by molar-refractivity contribution is 6.12. The quantitative estimate of drug-likeness (QED) is 0.179. The fourth-order valence-corrected chi connectivity index (χ4v) is 6.71. The number of nitrogens with zero attached hydrogens (tertiary/aromatic N) is 4. The Hall–Kier alpha value is -7.16. The summed E-state index contributed by atoms with van der Waals surface area (Å²) in [6, 6.07) is 59.2. The Kier molecular flexibility index (Phi) is 7.46. The molecule has 0 unspecified atom stereocenters. The second-order valence-corrected chi connectivity index (χ2v) is 12.3. The molecule has 238 valence electrons. The second kappa shape index (κ2) is 12.7. The summed E-state index contributed by atoms with van der Waals surface area (Å²) >= 11 is 0. The molecule has 5 nitrogen and oxygen atoms in total. The van der Waals surface area contributed by atoms with E-state index >= 15 is 0 Å². The van der Waals surface area contributed by atoms with Crippen LogP contribution in [0.1, 0.15) is 5.56 Å². The van der Waals surface area contributed by atoms with Crippen molar-refractivity contribution < 1.29 is 4.42 Å². The molecule has 9 aromatic rings. The van der Waals surface area contributed by atoms with Crippen molar-refractivity contribution in [1.82, 2.24) is 15.0 Å². The summed E-state index contributed by atoms with van der Waals surface area (Å²) in [5.74, 6) is 1.66. The van der Waals surface area contributed by atoms with Crippen molar-refractivity contribution in [2.24, 2.45) is 0 Å². The van der Waals surface area contributed by atoms with E-state index in [9.17, 15) is 5.26 Å². The number of nitriles is 1. The van der Waals surface area contributed by atoms with Crippen LogP contribution in [-0.2, 0) is 0 Å². The van der Waals surface area contributed by atoms with Gasteiger partial charge >= 0.3 is 0 Å². The summed E-state index contributed by atoms with van der Waals surface area (Å²) in [6.07, 6.45) is 0. The number of hydrogen-bond acceptors (Lipinski definition) is 5. The third-order valence-electron chi connectivity index (χ3n) is 9.22. The minimum Gasteiger partial charge on any atom is -0.455 e. The molecule has 9 rings (SSSR count). The Morgan fingerprint density at radius 2 is 1.00 bits per heavy atom. The first-order valence-electron chi connectivity index (χ1n) is 16.8. The molecule has 0 radical (unpaired) electrons. The fraction of sp³-hybridized carbons (Fsp3) is 0. The van der Waals surface area contributed by atoms with E-state index in [4.69, 9.17) is 19.4 Å². The first kappa shape index (κ1) is 29.9. The molecule has 2 aromatic heterocycles. The second-order valence-electron chi connectivity index (χ2n) is 12.3. The molecule has 2 heterocycles. The number of rotatable bonds is 6. The summed E-state index contributed by atoms with van der Waals surface area (Å²) < 4.78 is 6.66. The first-order chi connectivity index (χ1) is 25.2. The predicted octanol–water partition coefficient (Wildman–Crippen LogP) is 11.6. The van der Waals surface area contributed by atoms with Crippen LogP contribution in [-0.4, -0.2) is 15.0 Å². The van der Waals surface area contributed by atoms with Crippen molar-refractivity contribution >= 4 is 21.9 Å². The van der Waals surface area contributed by atoms with Gasteiger partial charge in [-0.15, -0.1) is 0 Å². The fourth-order valence-electron chi connectivity index (χ4n) is 6.71. The molecule has 0 fully saturated rings. The maximum Gasteiger partial charge on any atom is 0.168 e. The first-order valence-corrected chi connectivity index (χ1v) is 16.8. The van der Waals surface area contributed by atoms with Crippen LogP contribution in [0.2, 0.25) is 0 Å². The van der Waals surface area contributed by atoms with Gasteiger partial charge in [-0.2, -0.15) is 5.26 Å². The van der Waals surface area contributed by atoms with Crippen LogP contribution in [0.3, 0.4) is 0 Å². The average molecular weight is 653 g/mol. The molecular formula is C46H28N4O. The maximum atomic E-state index is 9.74. The predicted molar refractivity (Wildman–Crippen MR) is 204 cm³/mol. The number of fused-ring (bicyclic) bond motifs is 3. The van der Waals surface area contributed by atoms with Gasteiger partial charge in [0.25, 0.3) is 0 Å². The van der Waals surface area contributed by atoms with E-state index in [1.165, 1.54) is 0 Å². The lowest BCUT2D eigenvalue weighted by Crippen LogP contribution is -2.01. The Labute approximate surface area is 294 Å². The summed E-state index contributed by atoms with van der Waals surface area (Å²) in [7, 11) is 0. The van der Waals surface area contributed by atoms with Gasteiger partial charge in [-0.05, 0) is 57.6 Å². The van der Waals surface area contributed by atoms with Crippen molar-refractivity contribution in [1.29, 1.82) is 5.26 Å². The minimum absolute atomic E-state index is 0.516. The normalized spacial score (nSPS) is 11.1. The molecule has 0 aliphatic rings. The summed E-state index contributed by atoms with van der Waals surface area (Å²) in [5, 5.41) is 11.7. The molecule has 0 aliphatic heterocycles. The molecule has 0 spiro atoms. The molecule has 0 amide bonds. The topological polar surface area (TPSA) is 75.6 Å². The lowest BCUT2D eigenvalue weighted by molar-refractivity contribution is 0.669. The van der Waals surface area contributed by atoms with Gasteiger partial charge in [0, 0.05) is 21.9 Å². The Morgan fingerprint density at radius 1 is 0.412 bits per heavy atom. The number of furan rings is 1. The standard InChI is InChI=1S/C46H28N4O/c47-29-36-16-7-8-19-37(36)31-22-24-32(25-23-31)38-26-27-40-39-20-9-10-21-41(39)51-43(40)42(38)46-49-44(33-14-5-2-6-15-33)48-45(50-46)35-18-11-17-34(28-35)30-12-3-1-4-13-30/h1-28H. The molecule has 0 bridgehead atoms. The lowest BCUT2D eigenvalue weighted by atomic mass is 9.93. The molecule has 0 saturated carbocycles. The molecule has 0 aliphatic carbocycles. The van der Waals surface area contributed by atoms with E-state index in [0.717, 1.165) is 66.4 Å². The van der Waals surface area contributed by atoms with Crippen LogP contribution in [0.5, 0.6) is 0 Å². The number of hydrogen-bond donors (Lipinski definition) is 0. The average Bonchev–Trinajstić information content (AvgIpc) is 3.60. The zero-order valence-corrected chi connectivity index (χ0v) is 27.4. The summed E-state index contributed by atoms with van der Waals surface area (Å²) in [4.78, 5) is 15.4. The van der Waals surface area contributed by atoms with E-state index in [0.29, 0.717) is 28.6 Å². The largest absolute Gasteiger partial charge is 0.455 e. The van der Waals surface area contributed by atoms with Gasteiger partial charge < -0.3 is 4.42 Å². The molecule has 0 saturated heterocycles.